The number of nitrogens with two attached hydrogens (primary N) is 1. The van der Waals surface area contributed by atoms with Gasteiger partial charge >= 0.3 is 6.61 Å². The SMILES string of the molecule is N[C@@H](CC1CC1)c1ccccc1OC(F)F. The van der Waals surface area contributed by atoms with Crippen molar-refractivity contribution < 1.29 is 13.5 Å². The molecule has 0 radical (unpaired) electrons. The average Bonchev–Trinajstić information content (AvgIpc) is 3.01. The van der Waals surface area contributed by atoms with Gasteiger partial charge in [-0.3, -0.25) is 0 Å². The van der Waals surface area contributed by atoms with Crippen molar-refractivity contribution >= 4 is 0 Å². The lowest BCUT2D eigenvalue weighted by molar-refractivity contribution is -0.0506. The number of halogens is 2. The van der Waals surface area contributed by atoms with E-state index in [0.717, 1.165) is 6.42 Å². The lowest BCUT2D eigenvalue weighted by Crippen LogP contribution is -2.14. The minimum Gasteiger partial charge on any atom is -0.434 e. The first-order valence-corrected chi connectivity index (χ1v) is 5.46. The zero-order valence-electron chi connectivity index (χ0n) is 8.90. The zero-order chi connectivity index (χ0) is 11.5. The number of ether oxygens (including phenoxy) is 1. The van der Waals surface area contributed by atoms with Gasteiger partial charge in [-0.15, -0.1) is 0 Å². The first-order valence-electron chi connectivity index (χ1n) is 5.46. The van der Waals surface area contributed by atoms with Crippen LogP contribution in [0.25, 0.3) is 0 Å². The highest BCUT2D eigenvalue weighted by Crippen LogP contribution is 2.38. The van der Waals surface area contributed by atoms with Crippen LogP contribution >= 0.6 is 0 Å². The second-order valence-electron chi connectivity index (χ2n) is 4.20. The fraction of sp³-hybridized carbons (Fsp3) is 0.500. The molecule has 1 aromatic carbocycles. The van der Waals surface area contributed by atoms with Crippen LogP contribution in [0.3, 0.4) is 0 Å². The molecule has 1 aromatic rings. The maximum Gasteiger partial charge on any atom is 0.387 e. The van der Waals surface area contributed by atoms with Gasteiger partial charge < -0.3 is 10.5 Å². The van der Waals surface area contributed by atoms with E-state index in [1.807, 2.05) is 0 Å². The van der Waals surface area contributed by atoms with E-state index in [9.17, 15) is 8.78 Å². The number of rotatable bonds is 5. The molecular formula is C12H15F2NO. The Labute approximate surface area is 93.4 Å². The summed E-state index contributed by atoms with van der Waals surface area (Å²) in [6.45, 7) is -2.80. The molecule has 88 valence electrons. The van der Waals surface area contributed by atoms with Gasteiger partial charge in [0, 0.05) is 11.6 Å². The van der Waals surface area contributed by atoms with Crippen LogP contribution in [0.5, 0.6) is 5.75 Å². The van der Waals surface area contributed by atoms with Gasteiger partial charge in [-0.1, -0.05) is 31.0 Å². The normalized spacial score (nSPS) is 17.5. The van der Waals surface area contributed by atoms with Gasteiger partial charge in [-0.2, -0.15) is 8.78 Å². The molecule has 1 aliphatic rings. The predicted molar refractivity (Wildman–Crippen MR) is 57.3 cm³/mol. The van der Waals surface area contributed by atoms with E-state index < -0.39 is 6.61 Å². The molecular weight excluding hydrogens is 212 g/mol. The number of benzene rings is 1. The lowest BCUT2D eigenvalue weighted by Gasteiger charge is -2.16. The summed E-state index contributed by atoms with van der Waals surface area (Å²) >= 11 is 0. The quantitative estimate of drug-likeness (QED) is 0.838. The van der Waals surface area contributed by atoms with Crippen LogP contribution in [0.4, 0.5) is 8.78 Å². The molecule has 0 bridgehead atoms. The van der Waals surface area contributed by atoms with Crippen molar-refractivity contribution in [2.24, 2.45) is 11.7 Å². The fourth-order valence-corrected chi connectivity index (χ4v) is 1.83. The second-order valence-corrected chi connectivity index (χ2v) is 4.20. The summed E-state index contributed by atoms with van der Waals surface area (Å²) in [4.78, 5) is 0. The highest BCUT2D eigenvalue weighted by atomic mass is 19.3. The maximum atomic E-state index is 12.2. The molecule has 0 aromatic heterocycles. The first kappa shape index (κ1) is 11.3. The minimum absolute atomic E-state index is 0.200. The average molecular weight is 227 g/mol. The molecule has 0 amide bonds. The molecule has 1 fully saturated rings. The molecule has 1 aliphatic carbocycles. The van der Waals surface area contributed by atoms with E-state index >= 15 is 0 Å². The maximum absolute atomic E-state index is 12.2. The van der Waals surface area contributed by atoms with E-state index in [4.69, 9.17) is 5.73 Å². The molecule has 0 saturated heterocycles. The summed E-state index contributed by atoms with van der Waals surface area (Å²) in [7, 11) is 0. The van der Waals surface area contributed by atoms with Gasteiger partial charge in [-0.25, -0.2) is 0 Å². The molecule has 2 nitrogen and oxygen atoms in total. The van der Waals surface area contributed by atoms with Crippen molar-refractivity contribution in [3.05, 3.63) is 29.8 Å². The Bertz CT molecular complexity index is 353. The Hall–Kier alpha value is -1.16. The fourth-order valence-electron chi connectivity index (χ4n) is 1.83. The van der Waals surface area contributed by atoms with Gasteiger partial charge in [0.15, 0.2) is 0 Å². The smallest absolute Gasteiger partial charge is 0.387 e. The summed E-state index contributed by atoms with van der Waals surface area (Å²) in [5, 5.41) is 0. The molecule has 1 saturated carbocycles. The van der Waals surface area contributed by atoms with Crippen molar-refractivity contribution in [3.63, 3.8) is 0 Å². The standard InChI is InChI=1S/C12H15F2NO/c13-12(14)16-11-4-2-1-3-9(11)10(15)7-8-5-6-8/h1-4,8,10,12H,5-7,15H2/t10-/m0/s1. The van der Waals surface area contributed by atoms with Crippen molar-refractivity contribution in [2.45, 2.75) is 31.9 Å². The lowest BCUT2D eigenvalue weighted by atomic mass is 10.0. The van der Waals surface area contributed by atoms with Crippen molar-refractivity contribution in [2.75, 3.05) is 0 Å². The first-order chi connectivity index (χ1) is 7.66. The van der Waals surface area contributed by atoms with Crippen molar-refractivity contribution in [1.29, 1.82) is 0 Å². The summed E-state index contributed by atoms with van der Waals surface area (Å²) in [5.41, 5.74) is 6.66. The van der Waals surface area contributed by atoms with E-state index in [2.05, 4.69) is 4.74 Å². The molecule has 1 atom stereocenters. The summed E-state index contributed by atoms with van der Waals surface area (Å²) in [5.74, 6) is 0.861. The van der Waals surface area contributed by atoms with Gasteiger partial charge in [0.2, 0.25) is 0 Å². The highest BCUT2D eigenvalue weighted by Gasteiger charge is 2.26. The molecule has 16 heavy (non-hydrogen) atoms. The topological polar surface area (TPSA) is 35.2 Å². The van der Waals surface area contributed by atoms with E-state index in [1.54, 1.807) is 18.2 Å². The van der Waals surface area contributed by atoms with Crippen LogP contribution in [0.15, 0.2) is 24.3 Å². The van der Waals surface area contributed by atoms with Gasteiger partial charge in [-0.05, 0) is 18.4 Å². The Balaban J connectivity index is 2.10. The van der Waals surface area contributed by atoms with Gasteiger partial charge in [0.05, 0.1) is 0 Å². The molecule has 0 unspecified atom stereocenters. The van der Waals surface area contributed by atoms with Crippen LogP contribution in [0.1, 0.15) is 30.9 Å². The number of para-hydroxylation sites is 1. The number of hydrogen-bond donors (Lipinski definition) is 1. The Kier molecular flexibility index (Phi) is 3.39. The Morgan fingerprint density at radius 2 is 2.00 bits per heavy atom. The van der Waals surface area contributed by atoms with Gasteiger partial charge in [0.1, 0.15) is 5.75 Å². The van der Waals surface area contributed by atoms with E-state index in [-0.39, 0.29) is 11.8 Å². The van der Waals surface area contributed by atoms with E-state index in [1.165, 1.54) is 18.9 Å². The van der Waals surface area contributed by atoms with Gasteiger partial charge in [0.25, 0.3) is 0 Å². The molecule has 0 spiro atoms. The van der Waals surface area contributed by atoms with Crippen molar-refractivity contribution in [3.8, 4) is 5.75 Å². The van der Waals surface area contributed by atoms with Crippen LogP contribution < -0.4 is 10.5 Å². The van der Waals surface area contributed by atoms with Crippen LogP contribution in [-0.4, -0.2) is 6.61 Å². The van der Waals surface area contributed by atoms with Crippen LogP contribution in [-0.2, 0) is 0 Å². The second kappa shape index (κ2) is 4.78. The molecule has 0 heterocycles. The summed E-state index contributed by atoms with van der Waals surface area (Å²) in [6, 6.07) is 6.55. The molecule has 2 N–H and O–H groups in total. The minimum atomic E-state index is -2.80. The van der Waals surface area contributed by atoms with Crippen molar-refractivity contribution in [1.82, 2.24) is 0 Å². The third-order valence-corrected chi connectivity index (χ3v) is 2.82. The Morgan fingerprint density at radius 1 is 1.31 bits per heavy atom. The highest BCUT2D eigenvalue weighted by molar-refractivity contribution is 5.35. The molecule has 0 aliphatic heterocycles. The monoisotopic (exact) mass is 227 g/mol. The van der Waals surface area contributed by atoms with Crippen LogP contribution in [0.2, 0.25) is 0 Å². The molecule has 4 heteroatoms. The third-order valence-electron chi connectivity index (χ3n) is 2.82. The number of hydrogen-bond acceptors (Lipinski definition) is 2. The number of alkyl halides is 2. The van der Waals surface area contributed by atoms with E-state index in [0.29, 0.717) is 11.5 Å². The zero-order valence-corrected chi connectivity index (χ0v) is 8.90. The summed E-state index contributed by atoms with van der Waals surface area (Å²) in [6.07, 6.45) is 3.25. The molecule has 2 rings (SSSR count). The predicted octanol–water partition coefficient (Wildman–Crippen LogP) is 3.09. The van der Waals surface area contributed by atoms with Crippen LogP contribution in [0, 0.1) is 5.92 Å². The largest absolute Gasteiger partial charge is 0.434 e. The summed E-state index contributed by atoms with van der Waals surface area (Å²) < 4.78 is 28.8. The third kappa shape index (κ3) is 2.92. The Morgan fingerprint density at radius 3 is 2.62 bits per heavy atom.